The van der Waals surface area contributed by atoms with E-state index in [-0.39, 0.29) is 11.7 Å². The summed E-state index contributed by atoms with van der Waals surface area (Å²) >= 11 is 11.0. The van der Waals surface area contributed by atoms with Gasteiger partial charge in [-0.2, -0.15) is 0 Å². The second-order valence-electron chi connectivity index (χ2n) is 1.87. The van der Waals surface area contributed by atoms with Crippen molar-refractivity contribution in [2.75, 3.05) is 0 Å². The quantitative estimate of drug-likeness (QED) is 0.580. The fourth-order valence-corrected chi connectivity index (χ4v) is 1.05. The van der Waals surface area contributed by atoms with Gasteiger partial charge in [-0.1, -0.05) is 11.6 Å². The fraction of sp³-hybridized carbons (Fsp3) is 0.143. The van der Waals surface area contributed by atoms with Crippen LogP contribution in [0.3, 0.4) is 0 Å². The van der Waals surface area contributed by atoms with Crippen LogP contribution >= 0.6 is 23.2 Å². The van der Waals surface area contributed by atoms with Crippen molar-refractivity contribution in [3.8, 4) is 0 Å². The third-order valence-electron chi connectivity index (χ3n) is 1.15. The van der Waals surface area contributed by atoms with Gasteiger partial charge < -0.3 is 0 Å². The maximum Gasteiger partial charge on any atom is 0.127 e. The molecule has 0 unspecified atom stereocenters. The Labute approximate surface area is 68.6 Å². The molecular weight excluding hydrogens is 174 g/mol. The molecule has 0 heterocycles. The topological polar surface area (TPSA) is 0 Å². The molecule has 54 valence electrons. The van der Waals surface area contributed by atoms with Gasteiger partial charge in [-0.3, -0.25) is 0 Å². The van der Waals surface area contributed by atoms with Crippen molar-refractivity contribution in [3.63, 3.8) is 0 Å². The van der Waals surface area contributed by atoms with Gasteiger partial charge in [0.15, 0.2) is 0 Å². The first-order valence-corrected chi connectivity index (χ1v) is 3.65. The van der Waals surface area contributed by atoms with Crippen molar-refractivity contribution in [3.05, 3.63) is 34.6 Å². The Morgan fingerprint density at radius 3 is 2.60 bits per heavy atom. The van der Waals surface area contributed by atoms with E-state index in [9.17, 15) is 4.39 Å². The van der Waals surface area contributed by atoms with Crippen LogP contribution in [0.1, 0.15) is 5.56 Å². The first-order chi connectivity index (χ1) is 4.74. The number of hydrogen-bond acceptors (Lipinski definition) is 0. The van der Waals surface area contributed by atoms with Crippen molar-refractivity contribution in [2.24, 2.45) is 0 Å². The maximum absolute atomic E-state index is 12.6. The van der Waals surface area contributed by atoms with Gasteiger partial charge in [0.1, 0.15) is 5.82 Å². The number of halogens is 3. The van der Waals surface area contributed by atoms with Crippen molar-refractivity contribution >= 4 is 23.2 Å². The summed E-state index contributed by atoms with van der Waals surface area (Å²) in [5, 5.41) is 0.511. The van der Waals surface area contributed by atoms with Gasteiger partial charge >= 0.3 is 0 Å². The highest BCUT2D eigenvalue weighted by Gasteiger charge is 1.99. The molecule has 0 spiro atoms. The molecule has 0 saturated carbocycles. The van der Waals surface area contributed by atoms with Crippen LogP contribution < -0.4 is 0 Å². The number of rotatable bonds is 1. The average Bonchev–Trinajstić information content (AvgIpc) is 1.94. The van der Waals surface area contributed by atoms with E-state index in [0.29, 0.717) is 10.6 Å². The number of benzene rings is 1. The molecule has 0 atom stereocenters. The number of hydrogen-bond donors (Lipinski definition) is 0. The van der Waals surface area contributed by atoms with Gasteiger partial charge in [0.2, 0.25) is 0 Å². The summed E-state index contributed by atoms with van der Waals surface area (Å²) in [7, 11) is 0. The fourth-order valence-electron chi connectivity index (χ4n) is 0.646. The standard InChI is InChI=1S/C7H5Cl2F/c8-4-5-3-6(9)1-2-7(5)10/h1-3H,4H2. The third-order valence-corrected chi connectivity index (χ3v) is 1.67. The van der Waals surface area contributed by atoms with Crippen LogP contribution in [-0.4, -0.2) is 0 Å². The van der Waals surface area contributed by atoms with Crippen LogP contribution in [0.4, 0.5) is 4.39 Å². The highest BCUT2D eigenvalue weighted by Crippen LogP contribution is 2.15. The molecule has 10 heavy (non-hydrogen) atoms. The van der Waals surface area contributed by atoms with E-state index in [4.69, 9.17) is 23.2 Å². The molecule has 0 bridgehead atoms. The molecule has 0 fully saturated rings. The highest BCUT2D eigenvalue weighted by atomic mass is 35.5. The molecule has 1 aromatic carbocycles. The molecular formula is C7H5Cl2F. The Kier molecular flexibility index (Phi) is 2.52. The predicted molar refractivity (Wildman–Crippen MR) is 41.0 cm³/mol. The molecule has 0 saturated heterocycles. The summed E-state index contributed by atoms with van der Waals surface area (Å²) in [4.78, 5) is 0. The first kappa shape index (κ1) is 7.83. The van der Waals surface area contributed by atoms with Crippen LogP contribution in [0.2, 0.25) is 5.02 Å². The van der Waals surface area contributed by atoms with Crippen LogP contribution in [0, 0.1) is 5.82 Å². The summed E-state index contributed by atoms with van der Waals surface area (Å²) in [5.41, 5.74) is 0.439. The van der Waals surface area contributed by atoms with E-state index < -0.39 is 0 Å². The van der Waals surface area contributed by atoms with E-state index in [1.165, 1.54) is 18.2 Å². The predicted octanol–water partition coefficient (Wildman–Crippen LogP) is 3.22. The molecule has 1 aromatic rings. The SMILES string of the molecule is Fc1ccc(Cl)cc1CCl. The second-order valence-corrected chi connectivity index (χ2v) is 2.57. The maximum atomic E-state index is 12.6. The van der Waals surface area contributed by atoms with Gasteiger partial charge in [0.05, 0.1) is 5.88 Å². The van der Waals surface area contributed by atoms with Crippen LogP contribution in [0.25, 0.3) is 0 Å². The Morgan fingerprint density at radius 2 is 2.10 bits per heavy atom. The number of alkyl halides is 1. The van der Waals surface area contributed by atoms with Gasteiger partial charge in [-0.25, -0.2) is 4.39 Å². The lowest BCUT2D eigenvalue weighted by atomic mass is 10.2. The largest absolute Gasteiger partial charge is 0.207 e. The van der Waals surface area contributed by atoms with Crippen molar-refractivity contribution in [1.82, 2.24) is 0 Å². The molecule has 0 aliphatic heterocycles. The van der Waals surface area contributed by atoms with Crippen LogP contribution in [-0.2, 0) is 5.88 Å². The minimum absolute atomic E-state index is 0.159. The summed E-state index contributed by atoms with van der Waals surface area (Å²) in [6.45, 7) is 0. The van der Waals surface area contributed by atoms with Gasteiger partial charge in [0.25, 0.3) is 0 Å². The minimum atomic E-state index is -0.306. The summed E-state index contributed by atoms with van der Waals surface area (Å²) < 4.78 is 12.6. The third kappa shape index (κ3) is 1.61. The molecule has 0 N–H and O–H groups in total. The van der Waals surface area contributed by atoms with Gasteiger partial charge in [-0.05, 0) is 18.2 Å². The van der Waals surface area contributed by atoms with E-state index in [1.54, 1.807) is 0 Å². The zero-order valence-electron chi connectivity index (χ0n) is 5.07. The Bertz CT molecular complexity index is 235. The minimum Gasteiger partial charge on any atom is -0.207 e. The Balaban J connectivity index is 3.09. The van der Waals surface area contributed by atoms with E-state index in [1.807, 2.05) is 0 Å². The molecule has 3 heteroatoms. The van der Waals surface area contributed by atoms with E-state index >= 15 is 0 Å². The Hall–Kier alpha value is -0.270. The lowest BCUT2D eigenvalue weighted by Gasteiger charge is -1.96. The monoisotopic (exact) mass is 178 g/mol. The van der Waals surface area contributed by atoms with Crippen LogP contribution in [0.15, 0.2) is 18.2 Å². The van der Waals surface area contributed by atoms with Crippen molar-refractivity contribution < 1.29 is 4.39 Å². The van der Waals surface area contributed by atoms with Gasteiger partial charge in [-0.15, -0.1) is 11.6 Å². The zero-order valence-corrected chi connectivity index (χ0v) is 6.58. The lowest BCUT2D eigenvalue weighted by Crippen LogP contribution is -1.83. The summed E-state index contributed by atoms with van der Waals surface area (Å²) in [5.74, 6) is -0.147. The summed E-state index contributed by atoms with van der Waals surface area (Å²) in [6, 6.07) is 4.32. The highest BCUT2D eigenvalue weighted by molar-refractivity contribution is 6.30. The van der Waals surface area contributed by atoms with Gasteiger partial charge in [0, 0.05) is 10.6 Å². The van der Waals surface area contributed by atoms with Crippen molar-refractivity contribution in [1.29, 1.82) is 0 Å². The lowest BCUT2D eigenvalue weighted by molar-refractivity contribution is 0.617. The first-order valence-electron chi connectivity index (χ1n) is 2.74. The molecule has 0 aliphatic carbocycles. The van der Waals surface area contributed by atoms with E-state index in [0.717, 1.165) is 0 Å². The zero-order chi connectivity index (χ0) is 7.56. The Morgan fingerprint density at radius 1 is 1.40 bits per heavy atom. The van der Waals surface area contributed by atoms with Crippen molar-refractivity contribution in [2.45, 2.75) is 5.88 Å². The van der Waals surface area contributed by atoms with Crippen LogP contribution in [0.5, 0.6) is 0 Å². The smallest absolute Gasteiger partial charge is 0.127 e. The van der Waals surface area contributed by atoms with E-state index in [2.05, 4.69) is 0 Å². The molecule has 0 nitrogen and oxygen atoms in total. The molecule has 0 aliphatic rings. The molecule has 0 radical (unpaired) electrons. The normalized spacial score (nSPS) is 9.90. The second kappa shape index (κ2) is 3.22. The summed E-state index contributed by atoms with van der Waals surface area (Å²) in [6.07, 6.45) is 0. The molecule has 1 rings (SSSR count). The molecule has 0 amide bonds. The average molecular weight is 179 g/mol. The molecule has 0 aromatic heterocycles.